The number of sulfonamides is 1. The molecule has 1 N–H and O–H groups in total. The molecular formula is C22H25ClN4O3S. The lowest BCUT2D eigenvalue weighted by atomic mass is 10.2. The molecule has 0 aliphatic carbocycles. The van der Waals surface area contributed by atoms with Crippen molar-refractivity contribution >= 4 is 44.3 Å². The molecule has 2 aromatic carbocycles. The molecule has 1 amide bonds. The number of nitrogens with one attached hydrogen (secondary N) is 1. The molecule has 3 aromatic rings. The fraction of sp³-hybridized carbons (Fsp3) is 0.364. The van der Waals surface area contributed by atoms with Gasteiger partial charge < -0.3 is 9.88 Å². The van der Waals surface area contributed by atoms with E-state index >= 15 is 0 Å². The van der Waals surface area contributed by atoms with E-state index in [1.165, 1.54) is 0 Å². The highest BCUT2D eigenvalue weighted by Crippen LogP contribution is 2.25. The van der Waals surface area contributed by atoms with Crippen molar-refractivity contribution in [2.45, 2.75) is 44.0 Å². The number of halogens is 1. The van der Waals surface area contributed by atoms with Crippen LogP contribution in [0.1, 0.15) is 31.2 Å². The number of piperidine rings is 1. The van der Waals surface area contributed by atoms with E-state index in [-0.39, 0.29) is 17.2 Å². The van der Waals surface area contributed by atoms with Crippen molar-refractivity contribution in [1.29, 1.82) is 0 Å². The van der Waals surface area contributed by atoms with Gasteiger partial charge in [-0.15, -0.1) is 0 Å². The van der Waals surface area contributed by atoms with E-state index in [1.807, 2.05) is 17.6 Å². The fourth-order valence-electron chi connectivity index (χ4n) is 3.81. The third-order valence-electron chi connectivity index (χ3n) is 5.67. The number of benzene rings is 2. The number of carbonyl (C=O) groups is 1. The Kier molecular flexibility index (Phi) is 6.31. The molecule has 0 saturated carbocycles. The van der Waals surface area contributed by atoms with E-state index in [1.54, 1.807) is 41.0 Å². The van der Waals surface area contributed by atoms with Gasteiger partial charge in [0, 0.05) is 36.8 Å². The topological polar surface area (TPSA) is 84.3 Å². The number of hydrogen-bond acceptors (Lipinski definition) is 4. The minimum Gasteiger partial charge on any atom is -0.330 e. The van der Waals surface area contributed by atoms with E-state index in [0.29, 0.717) is 35.9 Å². The number of carbonyl (C=O) groups excluding carboxylic acids is 1. The van der Waals surface area contributed by atoms with Crippen LogP contribution in [0.3, 0.4) is 0 Å². The maximum atomic E-state index is 12.9. The Morgan fingerprint density at radius 3 is 2.71 bits per heavy atom. The molecule has 1 aromatic heterocycles. The first-order chi connectivity index (χ1) is 14.9. The molecule has 4 rings (SSSR count). The summed E-state index contributed by atoms with van der Waals surface area (Å²) in [4.78, 5) is 17.0. The molecule has 2 heterocycles. The molecule has 0 unspecified atom stereocenters. The van der Waals surface area contributed by atoms with Crippen LogP contribution in [-0.4, -0.2) is 41.3 Å². The summed E-state index contributed by atoms with van der Waals surface area (Å²) >= 11 is 6.11. The fourth-order valence-corrected chi connectivity index (χ4v) is 5.53. The molecule has 164 valence electrons. The van der Waals surface area contributed by atoms with Crippen molar-refractivity contribution in [2.24, 2.45) is 0 Å². The molecule has 0 bridgehead atoms. The van der Waals surface area contributed by atoms with Crippen LogP contribution in [0.4, 0.5) is 5.69 Å². The lowest BCUT2D eigenvalue weighted by molar-refractivity contribution is -0.116. The van der Waals surface area contributed by atoms with Crippen molar-refractivity contribution in [3.05, 3.63) is 53.3 Å². The number of aryl methyl sites for hydroxylation is 1. The first kappa shape index (κ1) is 21.8. The predicted octanol–water partition coefficient (Wildman–Crippen LogP) is 4.20. The van der Waals surface area contributed by atoms with Gasteiger partial charge in [0.25, 0.3) is 0 Å². The third kappa shape index (κ3) is 4.61. The monoisotopic (exact) mass is 460 g/mol. The van der Waals surface area contributed by atoms with E-state index in [0.717, 1.165) is 30.3 Å². The first-order valence-electron chi connectivity index (χ1n) is 10.4. The normalized spacial score (nSPS) is 15.3. The zero-order valence-electron chi connectivity index (χ0n) is 17.3. The summed E-state index contributed by atoms with van der Waals surface area (Å²) in [6.45, 7) is 3.42. The largest absolute Gasteiger partial charge is 0.330 e. The molecule has 0 spiro atoms. The van der Waals surface area contributed by atoms with Crippen LogP contribution in [0.5, 0.6) is 0 Å². The van der Waals surface area contributed by atoms with Crippen LogP contribution < -0.4 is 5.32 Å². The van der Waals surface area contributed by atoms with Crippen LogP contribution in [0, 0.1) is 6.92 Å². The first-order valence-corrected chi connectivity index (χ1v) is 12.2. The molecule has 31 heavy (non-hydrogen) atoms. The minimum absolute atomic E-state index is 0.128. The number of rotatable bonds is 6. The summed E-state index contributed by atoms with van der Waals surface area (Å²) in [6, 6.07) is 10.4. The average molecular weight is 461 g/mol. The number of imidazole rings is 1. The second kappa shape index (κ2) is 8.98. The van der Waals surface area contributed by atoms with Gasteiger partial charge in [-0.05, 0) is 55.7 Å². The van der Waals surface area contributed by atoms with Gasteiger partial charge in [0.15, 0.2) is 0 Å². The molecule has 1 saturated heterocycles. The Balaban J connectivity index is 1.46. The van der Waals surface area contributed by atoms with Crippen molar-refractivity contribution in [1.82, 2.24) is 13.9 Å². The summed E-state index contributed by atoms with van der Waals surface area (Å²) in [5.74, 6) is -0.128. The number of aromatic nitrogens is 2. The van der Waals surface area contributed by atoms with Crippen LogP contribution >= 0.6 is 11.6 Å². The quantitative estimate of drug-likeness (QED) is 0.597. The van der Waals surface area contributed by atoms with Crippen LogP contribution in [-0.2, 0) is 21.4 Å². The van der Waals surface area contributed by atoms with Crippen molar-refractivity contribution < 1.29 is 13.2 Å². The Hall–Kier alpha value is -2.42. The standard InChI is InChI=1S/C22H25ClN4O3S/c1-16-18(23)6-5-7-19(16)25-22(28)10-13-26-15-24-20-14-17(8-9-21(20)26)31(29,30)27-11-3-2-4-12-27/h5-9,14-15H,2-4,10-13H2,1H3,(H,25,28). The lowest BCUT2D eigenvalue weighted by Crippen LogP contribution is -2.35. The van der Waals surface area contributed by atoms with Gasteiger partial charge in [-0.2, -0.15) is 4.31 Å². The molecule has 1 aliphatic heterocycles. The van der Waals surface area contributed by atoms with E-state index in [9.17, 15) is 13.2 Å². The smallest absolute Gasteiger partial charge is 0.243 e. The van der Waals surface area contributed by atoms with Crippen molar-refractivity contribution in [3.8, 4) is 0 Å². The van der Waals surface area contributed by atoms with Gasteiger partial charge in [0.2, 0.25) is 15.9 Å². The van der Waals surface area contributed by atoms with Gasteiger partial charge in [-0.1, -0.05) is 24.1 Å². The van der Waals surface area contributed by atoms with Gasteiger partial charge in [-0.3, -0.25) is 4.79 Å². The Labute approximate surface area is 187 Å². The van der Waals surface area contributed by atoms with Crippen LogP contribution in [0.25, 0.3) is 11.0 Å². The second-order valence-electron chi connectivity index (χ2n) is 7.76. The highest BCUT2D eigenvalue weighted by atomic mass is 35.5. The Morgan fingerprint density at radius 1 is 1.16 bits per heavy atom. The number of nitrogens with zero attached hydrogens (tertiary/aromatic N) is 3. The number of anilines is 1. The van der Waals surface area contributed by atoms with Crippen LogP contribution in [0.15, 0.2) is 47.6 Å². The Morgan fingerprint density at radius 2 is 1.94 bits per heavy atom. The average Bonchev–Trinajstić information content (AvgIpc) is 3.18. The molecule has 1 aliphatic rings. The van der Waals surface area contributed by atoms with Crippen LogP contribution in [0.2, 0.25) is 5.02 Å². The lowest BCUT2D eigenvalue weighted by Gasteiger charge is -2.25. The predicted molar refractivity (Wildman–Crippen MR) is 122 cm³/mol. The van der Waals surface area contributed by atoms with E-state index in [4.69, 9.17) is 11.6 Å². The van der Waals surface area contributed by atoms with Gasteiger partial charge >= 0.3 is 0 Å². The summed E-state index contributed by atoms with van der Waals surface area (Å²) in [7, 11) is -3.50. The van der Waals surface area contributed by atoms with Crippen molar-refractivity contribution in [2.75, 3.05) is 18.4 Å². The van der Waals surface area contributed by atoms with Gasteiger partial charge in [0.05, 0.1) is 22.3 Å². The van der Waals surface area contributed by atoms with E-state index in [2.05, 4.69) is 10.3 Å². The molecule has 0 radical (unpaired) electrons. The maximum Gasteiger partial charge on any atom is 0.243 e. The van der Waals surface area contributed by atoms with Gasteiger partial charge in [0.1, 0.15) is 0 Å². The molecule has 7 nitrogen and oxygen atoms in total. The van der Waals surface area contributed by atoms with E-state index < -0.39 is 10.0 Å². The summed E-state index contributed by atoms with van der Waals surface area (Å²) in [6.07, 6.45) is 4.75. The van der Waals surface area contributed by atoms with Crippen molar-refractivity contribution in [3.63, 3.8) is 0 Å². The van der Waals surface area contributed by atoms with Gasteiger partial charge in [-0.25, -0.2) is 13.4 Å². The molecule has 0 atom stereocenters. The molecule has 1 fully saturated rings. The minimum atomic E-state index is -3.50. The molecular weight excluding hydrogens is 436 g/mol. The Bertz CT molecular complexity index is 1220. The second-order valence-corrected chi connectivity index (χ2v) is 10.1. The summed E-state index contributed by atoms with van der Waals surface area (Å²) < 4.78 is 29.2. The number of amides is 1. The maximum absolute atomic E-state index is 12.9. The summed E-state index contributed by atoms with van der Waals surface area (Å²) in [5.41, 5.74) is 2.92. The zero-order valence-corrected chi connectivity index (χ0v) is 18.9. The summed E-state index contributed by atoms with van der Waals surface area (Å²) in [5, 5.41) is 3.49. The SMILES string of the molecule is Cc1c(Cl)cccc1NC(=O)CCn1cnc2cc(S(=O)(=O)N3CCCCC3)ccc21. The highest BCUT2D eigenvalue weighted by Gasteiger charge is 2.26. The highest BCUT2D eigenvalue weighted by molar-refractivity contribution is 7.89. The number of fused-ring (bicyclic) bond motifs is 1. The zero-order chi connectivity index (χ0) is 22.0. The number of hydrogen-bond donors (Lipinski definition) is 1. The third-order valence-corrected chi connectivity index (χ3v) is 7.97. The molecule has 9 heteroatoms.